The number of carbonyl (C=O) groups excluding carboxylic acids is 2. The normalized spacial score (nSPS) is 24.5. The molecule has 2 amide bonds. The zero-order valence-electron chi connectivity index (χ0n) is 14.4. The molecule has 5 heteroatoms. The fourth-order valence-corrected chi connectivity index (χ4v) is 4.04. The van der Waals surface area contributed by atoms with Gasteiger partial charge >= 0.3 is 0 Å². The second-order valence-electron chi connectivity index (χ2n) is 6.94. The van der Waals surface area contributed by atoms with Gasteiger partial charge in [-0.3, -0.25) is 14.5 Å². The molecule has 0 bridgehead atoms. The predicted molar refractivity (Wildman–Crippen MR) is 93.2 cm³/mol. The lowest BCUT2D eigenvalue weighted by molar-refractivity contribution is -0.138. The van der Waals surface area contributed by atoms with Crippen LogP contribution < -0.4 is 5.73 Å². The molecule has 1 saturated heterocycles. The van der Waals surface area contributed by atoms with Crippen molar-refractivity contribution in [2.24, 2.45) is 5.73 Å². The Labute approximate surface area is 143 Å². The van der Waals surface area contributed by atoms with Gasteiger partial charge in [-0.25, -0.2) is 0 Å². The van der Waals surface area contributed by atoms with Crippen LogP contribution in [0.5, 0.6) is 0 Å². The number of benzene rings is 1. The number of amides is 2. The van der Waals surface area contributed by atoms with Crippen LogP contribution in [0.1, 0.15) is 43.7 Å². The second kappa shape index (κ2) is 7.34. The van der Waals surface area contributed by atoms with E-state index in [0.29, 0.717) is 19.0 Å². The smallest absolute Gasteiger partial charge is 0.237 e. The first kappa shape index (κ1) is 17.0. The van der Waals surface area contributed by atoms with Gasteiger partial charge in [-0.05, 0) is 43.2 Å². The Bertz CT molecular complexity index is 616. The summed E-state index contributed by atoms with van der Waals surface area (Å²) in [6.45, 7) is 3.86. The number of hydrogen-bond donors (Lipinski definition) is 1. The van der Waals surface area contributed by atoms with Crippen molar-refractivity contribution in [2.75, 3.05) is 13.1 Å². The third kappa shape index (κ3) is 3.46. The van der Waals surface area contributed by atoms with Crippen molar-refractivity contribution >= 4 is 11.8 Å². The Morgan fingerprint density at radius 3 is 2.67 bits per heavy atom. The molecular weight excluding hydrogens is 302 g/mol. The van der Waals surface area contributed by atoms with Crippen molar-refractivity contribution in [3.8, 4) is 0 Å². The minimum atomic E-state index is -0.395. The summed E-state index contributed by atoms with van der Waals surface area (Å²) < 4.78 is 0. The summed E-state index contributed by atoms with van der Waals surface area (Å²) in [6.07, 6.45) is 4.95. The summed E-state index contributed by atoms with van der Waals surface area (Å²) >= 11 is 0. The molecule has 1 unspecified atom stereocenters. The highest BCUT2D eigenvalue weighted by Gasteiger charge is 2.33. The van der Waals surface area contributed by atoms with Crippen molar-refractivity contribution in [3.63, 3.8) is 0 Å². The van der Waals surface area contributed by atoms with Crippen LogP contribution in [0.15, 0.2) is 24.3 Å². The largest absolute Gasteiger partial charge is 0.368 e. The molecule has 0 aromatic heterocycles. The molecular formula is C19H27N3O2. The first-order valence-electron chi connectivity index (χ1n) is 8.99. The van der Waals surface area contributed by atoms with Crippen LogP contribution in [0.25, 0.3) is 0 Å². The van der Waals surface area contributed by atoms with E-state index in [-0.39, 0.29) is 18.4 Å². The minimum Gasteiger partial charge on any atom is -0.368 e. The van der Waals surface area contributed by atoms with Crippen molar-refractivity contribution < 1.29 is 9.59 Å². The number of piperidine rings is 1. The fourth-order valence-electron chi connectivity index (χ4n) is 4.04. The molecule has 2 aliphatic rings. The highest BCUT2D eigenvalue weighted by atomic mass is 16.2. The molecule has 2 N–H and O–H groups in total. The van der Waals surface area contributed by atoms with Gasteiger partial charge in [0.2, 0.25) is 11.8 Å². The fraction of sp³-hybridized carbons (Fsp3) is 0.579. The molecule has 0 radical (unpaired) electrons. The Balaban J connectivity index is 1.74. The van der Waals surface area contributed by atoms with Crippen LogP contribution in [0, 0.1) is 0 Å². The first-order chi connectivity index (χ1) is 11.6. The van der Waals surface area contributed by atoms with Crippen molar-refractivity contribution in [1.82, 2.24) is 9.80 Å². The molecule has 0 spiro atoms. The SMILES string of the molecule is CCC1CCCCN1C(=O)CN1Cc2ccccc2C[C@H]1C(N)=O. The quantitative estimate of drug-likeness (QED) is 0.914. The Kier molecular flexibility index (Phi) is 5.19. The Hall–Kier alpha value is -1.88. The van der Waals surface area contributed by atoms with Crippen LogP contribution in [0.4, 0.5) is 0 Å². The van der Waals surface area contributed by atoms with E-state index in [2.05, 4.69) is 13.0 Å². The molecule has 2 aliphatic heterocycles. The van der Waals surface area contributed by atoms with Crippen molar-refractivity contribution in [3.05, 3.63) is 35.4 Å². The molecule has 0 aliphatic carbocycles. The van der Waals surface area contributed by atoms with E-state index in [9.17, 15) is 9.59 Å². The summed E-state index contributed by atoms with van der Waals surface area (Å²) in [6, 6.07) is 8.05. The number of fused-ring (bicyclic) bond motifs is 1. The zero-order chi connectivity index (χ0) is 17.1. The monoisotopic (exact) mass is 329 g/mol. The molecule has 130 valence electrons. The maximum atomic E-state index is 12.8. The van der Waals surface area contributed by atoms with Gasteiger partial charge in [0.15, 0.2) is 0 Å². The number of nitrogens with zero attached hydrogens (tertiary/aromatic N) is 2. The number of carbonyl (C=O) groups is 2. The molecule has 2 atom stereocenters. The van der Waals surface area contributed by atoms with Crippen molar-refractivity contribution in [2.45, 2.75) is 57.7 Å². The summed E-state index contributed by atoms with van der Waals surface area (Å²) in [5.41, 5.74) is 7.97. The highest BCUT2D eigenvalue weighted by Crippen LogP contribution is 2.25. The molecule has 1 aromatic rings. The summed E-state index contributed by atoms with van der Waals surface area (Å²) in [5.74, 6) is -0.213. The van der Waals surface area contributed by atoms with Gasteiger partial charge in [-0.1, -0.05) is 31.2 Å². The van der Waals surface area contributed by atoms with Gasteiger partial charge < -0.3 is 10.6 Å². The average molecular weight is 329 g/mol. The van der Waals surface area contributed by atoms with Crippen LogP contribution >= 0.6 is 0 Å². The molecule has 5 nitrogen and oxygen atoms in total. The summed E-state index contributed by atoms with van der Waals surface area (Å²) in [7, 11) is 0. The van der Waals surface area contributed by atoms with Crippen molar-refractivity contribution in [1.29, 1.82) is 0 Å². The van der Waals surface area contributed by atoms with E-state index < -0.39 is 6.04 Å². The second-order valence-corrected chi connectivity index (χ2v) is 6.94. The summed E-state index contributed by atoms with van der Waals surface area (Å²) in [4.78, 5) is 28.7. The number of likely N-dealkylation sites (tertiary alicyclic amines) is 1. The van der Waals surface area contributed by atoms with E-state index in [1.54, 1.807) is 0 Å². The minimum absolute atomic E-state index is 0.132. The van der Waals surface area contributed by atoms with E-state index in [1.807, 2.05) is 28.0 Å². The maximum absolute atomic E-state index is 12.8. The molecule has 0 saturated carbocycles. The number of primary amides is 1. The van der Waals surface area contributed by atoms with Gasteiger partial charge in [-0.15, -0.1) is 0 Å². The lowest BCUT2D eigenvalue weighted by Crippen LogP contribution is -2.54. The third-order valence-corrected chi connectivity index (χ3v) is 5.43. The Morgan fingerprint density at radius 2 is 1.96 bits per heavy atom. The lowest BCUT2D eigenvalue weighted by Gasteiger charge is -2.39. The van der Waals surface area contributed by atoms with Crippen LogP contribution in [-0.2, 0) is 22.6 Å². The number of rotatable bonds is 4. The third-order valence-electron chi connectivity index (χ3n) is 5.43. The maximum Gasteiger partial charge on any atom is 0.237 e. The van der Waals surface area contributed by atoms with Crippen LogP contribution in [-0.4, -0.2) is 46.8 Å². The van der Waals surface area contributed by atoms with E-state index >= 15 is 0 Å². The first-order valence-corrected chi connectivity index (χ1v) is 8.99. The molecule has 3 rings (SSSR count). The topological polar surface area (TPSA) is 66.6 Å². The van der Waals surface area contributed by atoms with Gasteiger partial charge in [0.25, 0.3) is 0 Å². The van der Waals surface area contributed by atoms with Gasteiger partial charge in [0.05, 0.1) is 12.6 Å². The molecule has 2 heterocycles. The highest BCUT2D eigenvalue weighted by molar-refractivity contribution is 5.83. The summed E-state index contributed by atoms with van der Waals surface area (Å²) in [5, 5.41) is 0. The van der Waals surface area contributed by atoms with E-state index in [4.69, 9.17) is 5.73 Å². The van der Waals surface area contributed by atoms with Gasteiger partial charge in [-0.2, -0.15) is 0 Å². The molecule has 24 heavy (non-hydrogen) atoms. The van der Waals surface area contributed by atoms with Crippen LogP contribution in [0.3, 0.4) is 0 Å². The predicted octanol–water partition coefficient (Wildman–Crippen LogP) is 1.69. The zero-order valence-corrected chi connectivity index (χ0v) is 14.4. The molecule has 1 aromatic carbocycles. The Morgan fingerprint density at radius 1 is 1.21 bits per heavy atom. The number of nitrogens with two attached hydrogens (primary N) is 1. The van der Waals surface area contributed by atoms with E-state index in [0.717, 1.165) is 31.4 Å². The van der Waals surface area contributed by atoms with E-state index in [1.165, 1.54) is 12.0 Å². The van der Waals surface area contributed by atoms with Crippen LogP contribution in [0.2, 0.25) is 0 Å². The average Bonchev–Trinajstić information content (AvgIpc) is 2.60. The number of hydrogen-bond acceptors (Lipinski definition) is 3. The van der Waals surface area contributed by atoms with Gasteiger partial charge in [0, 0.05) is 19.1 Å². The van der Waals surface area contributed by atoms with Gasteiger partial charge in [0.1, 0.15) is 0 Å². The standard InChI is InChI=1S/C19H27N3O2/c1-2-16-9-5-6-10-22(16)18(23)13-21-12-15-8-4-3-7-14(15)11-17(21)19(20)24/h3-4,7-8,16-17H,2,5-6,9-13H2,1H3,(H2,20,24)/t16?,17-/m0/s1. The molecule has 1 fully saturated rings. The lowest BCUT2D eigenvalue weighted by atomic mass is 9.93.